The maximum atomic E-state index is 4.96. The first-order valence-electron chi connectivity index (χ1n) is 10.5. The second kappa shape index (κ2) is 7.35. The van der Waals surface area contributed by atoms with Crippen LogP contribution in [0.5, 0.6) is 0 Å². The minimum atomic E-state index is 0.139. The van der Waals surface area contributed by atoms with Gasteiger partial charge in [0.1, 0.15) is 0 Å². The molecule has 1 heterocycles. The summed E-state index contributed by atoms with van der Waals surface area (Å²) in [6.45, 7) is 18.5. The molecular weight excluding hydrogens is 338 g/mol. The van der Waals surface area contributed by atoms with Crippen LogP contribution in [0.3, 0.4) is 0 Å². The highest BCUT2D eigenvalue weighted by molar-refractivity contribution is 5.78. The Bertz CT molecular complexity index is 937. The van der Waals surface area contributed by atoms with Gasteiger partial charge in [0.25, 0.3) is 0 Å². The fraction of sp³-hybridized carbons (Fsp3) is 0.444. The molecule has 0 radical (unpaired) electrons. The highest BCUT2D eigenvalue weighted by Gasteiger charge is 2.24. The third-order valence-corrected chi connectivity index (χ3v) is 6.05. The lowest BCUT2D eigenvalue weighted by molar-refractivity contribution is 0.557. The molecule has 0 spiro atoms. The Kier molecular flexibility index (Phi) is 5.40. The summed E-state index contributed by atoms with van der Waals surface area (Å²) < 4.78 is 0. The van der Waals surface area contributed by atoms with Crippen molar-refractivity contribution >= 4 is 10.9 Å². The van der Waals surface area contributed by atoms with Crippen LogP contribution in [0.25, 0.3) is 10.9 Å². The van der Waals surface area contributed by atoms with Crippen LogP contribution in [-0.2, 0) is 10.8 Å². The van der Waals surface area contributed by atoms with Crippen LogP contribution in [0, 0.1) is 0 Å². The van der Waals surface area contributed by atoms with Gasteiger partial charge in [-0.3, -0.25) is 4.98 Å². The predicted molar refractivity (Wildman–Crippen MR) is 122 cm³/mol. The van der Waals surface area contributed by atoms with Crippen LogP contribution in [0.2, 0.25) is 0 Å². The van der Waals surface area contributed by atoms with Crippen molar-refractivity contribution in [1.82, 2.24) is 4.98 Å². The van der Waals surface area contributed by atoms with Gasteiger partial charge >= 0.3 is 0 Å². The van der Waals surface area contributed by atoms with Gasteiger partial charge in [-0.1, -0.05) is 97.9 Å². The highest BCUT2D eigenvalue weighted by atomic mass is 14.7. The van der Waals surface area contributed by atoms with Gasteiger partial charge in [-0.25, -0.2) is 0 Å². The summed E-state index contributed by atoms with van der Waals surface area (Å²) in [7, 11) is 0. The van der Waals surface area contributed by atoms with E-state index in [0.717, 1.165) is 5.52 Å². The average molecular weight is 374 g/mol. The maximum Gasteiger partial charge on any atom is 0.0705 e. The minimum Gasteiger partial charge on any atom is -0.253 e. The number of nitrogens with zero attached hydrogens (tertiary/aromatic N) is 1. The van der Waals surface area contributed by atoms with Crippen molar-refractivity contribution in [2.75, 3.05) is 0 Å². The van der Waals surface area contributed by atoms with Gasteiger partial charge < -0.3 is 0 Å². The molecule has 1 nitrogen and oxygen atoms in total. The molecule has 0 bridgehead atoms. The second-order valence-corrected chi connectivity index (χ2v) is 10.3. The van der Waals surface area contributed by atoms with Crippen molar-refractivity contribution in [2.24, 2.45) is 0 Å². The number of hydrogen-bond acceptors (Lipinski definition) is 1. The van der Waals surface area contributed by atoms with E-state index in [1.165, 1.54) is 27.8 Å². The molecule has 3 aromatic rings. The third-order valence-electron chi connectivity index (χ3n) is 6.05. The van der Waals surface area contributed by atoms with E-state index in [4.69, 9.17) is 4.98 Å². The number of para-hydroxylation sites is 1. The summed E-state index contributed by atoms with van der Waals surface area (Å²) in [5.41, 5.74) is 6.78. The van der Waals surface area contributed by atoms with Crippen LogP contribution < -0.4 is 0 Å². The zero-order valence-electron chi connectivity index (χ0n) is 18.8. The van der Waals surface area contributed by atoms with Gasteiger partial charge in [0.15, 0.2) is 0 Å². The van der Waals surface area contributed by atoms with Gasteiger partial charge in [0.05, 0.1) is 5.52 Å². The molecule has 148 valence electrons. The van der Waals surface area contributed by atoms with E-state index in [0.29, 0.717) is 11.8 Å². The summed E-state index contributed by atoms with van der Waals surface area (Å²) in [6.07, 6.45) is 0. The summed E-state index contributed by atoms with van der Waals surface area (Å²) in [4.78, 5) is 4.96. The zero-order chi connectivity index (χ0) is 20.7. The van der Waals surface area contributed by atoms with Crippen molar-refractivity contribution in [3.63, 3.8) is 0 Å². The first kappa shape index (κ1) is 20.6. The van der Waals surface area contributed by atoms with E-state index in [-0.39, 0.29) is 10.8 Å². The molecule has 0 unspecified atom stereocenters. The monoisotopic (exact) mass is 373 g/mol. The van der Waals surface area contributed by atoms with Crippen molar-refractivity contribution in [1.29, 1.82) is 0 Å². The zero-order valence-corrected chi connectivity index (χ0v) is 18.8. The van der Waals surface area contributed by atoms with Gasteiger partial charge in [-0.15, -0.1) is 0 Å². The molecule has 0 saturated carbocycles. The van der Waals surface area contributed by atoms with Crippen LogP contribution in [0.15, 0.2) is 54.6 Å². The van der Waals surface area contributed by atoms with E-state index in [1.54, 1.807) is 0 Å². The lowest BCUT2D eigenvalue weighted by atomic mass is 9.76. The molecule has 1 aromatic heterocycles. The Balaban J connectivity index is 2.03. The summed E-state index contributed by atoms with van der Waals surface area (Å²) in [6, 6.07) is 20.0. The fourth-order valence-electron chi connectivity index (χ4n) is 3.66. The summed E-state index contributed by atoms with van der Waals surface area (Å²) >= 11 is 0. The number of fused-ring (bicyclic) bond motifs is 1. The largest absolute Gasteiger partial charge is 0.253 e. The van der Waals surface area contributed by atoms with E-state index >= 15 is 0 Å². The molecule has 0 saturated heterocycles. The van der Waals surface area contributed by atoms with Crippen molar-refractivity contribution in [3.8, 4) is 0 Å². The third kappa shape index (κ3) is 4.29. The normalized spacial score (nSPS) is 14.9. The summed E-state index contributed by atoms with van der Waals surface area (Å²) in [5.74, 6) is 0.754. The van der Waals surface area contributed by atoms with Gasteiger partial charge in [-0.2, -0.15) is 0 Å². The van der Waals surface area contributed by atoms with E-state index in [1.807, 2.05) is 0 Å². The van der Waals surface area contributed by atoms with E-state index < -0.39 is 0 Å². The Hall–Kier alpha value is -2.15. The molecule has 0 aliphatic carbocycles. The first-order valence-corrected chi connectivity index (χ1v) is 10.5. The molecule has 28 heavy (non-hydrogen) atoms. The Morgan fingerprint density at radius 1 is 0.679 bits per heavy atom. The van der Waals surface area contributed by atoms with Gasteiger partial charge in [-0.05, 0) is 45.6 Å². The molecule has 1 heteroatoms. The quantitative estimate of drug-likeness (QED) is 0.457. The Morgan fingerprint density at radius 3 is 1.82 bits per heavy atom. The molecule has 0 fully saturated rings. The van der Waals surface area contributed by atoms with Crippen LogP contribution in [0.1, 0.15) is 89.6 Å². The van der Waals surface area contributed by atoms with Crippen LogP contribution >= 0.6 is 0 Å². The molecule has 0 aliphatic heterocycles. The topological polar surface area (TPSA) is 12.9 Å². The van der Waals surface area contributed by atoms with Gasteiger partial charge in [0, 0.05) is 17.0 Å². The number of pyridine rings is 1. The minimum absolute atomic E-state index is 0.139. The smallest absolute Gasteiger partial charge is 0.0705 e. The fourth-order valence-corrected chi connectivity index (χ4v) is 3.66. The molecule has 0 N–H and O–H groups in total. The molecular formula is C27H35N. The van der Waals surface area contributed by atoms with Crippen molar-refractivity contribution < 1.29 is 0 Å². The molecule has 2 atom stereocenters. The average Bonchev–Trinajstić information content (AvgIpc) is 2.64. The second-order valence-electron chi connectivity index (χ2n) is 10.3. The lowest BCUT2D eigenvalue weighted by Gasteiger charge is -2.29. The predicted octanol–water partition coefficient (Wildman–Crippen LogP) is 7.74. The first-order chi connectivity index (χ1) is 13.0. The summed E-state index contributed by atoms with van der Waals surface area (Å²) in [5, 5.41) is 1.20. The SMILES string of the molecule is C[C@@H](c1cc(C(C)(C)C)cc(C(C)(C)C)c1)[C@@H](C)c1ccc2ccccc2n1. The van der Waals surface area contributed by atoms with Crippen molar-refractivity contribution in [2.45, 2.75) is 78.1 Å². The molecule has 3 rings (SSSR count). The number of hydrogen-bond donors (Lipinski definition) is 0. The molecule has 2 aromatic carbocycles. The van der Waals surface area contributed by atoms with E-state index in [9.17, 15) is 0 Å². The number of rotatable bonds is 3. The lowest BCUT2D eigenvalue weighted by Crippen LogP contribution is -2.18. The van der Waals surface area contributed by atoms with Crippen LogP contribution in [0.4, 0.5) is 0 Å². The Labute approximate surface area is 171 Å². The maximum absolute atomic E-state index is 4.96. The van der Waals surface area contributed by atoms with E-state index in [2.05, 4.69) is 110 Å². The highest BCUT2D eigenvalue weighted by Crippen LogP contribution is 2.37. The molecule has 0 amide bonds. The number of benzene rings is 2. The standard InChI is InChI=1S/C27H35N/c1-18(19(2)24-14-13-20-11-9-10-12-25(20)28-24)21-15-22(26(3,4)5)17-23(16-21)27(6,7)8/h9-19H,1-8H3/t18-,19-/m1/s1. The molecule has 0 aliphatic rings. The Morgan fingerprint density at radius 2 is 1.25 bits per heavy atom. The van der Waals surface area contributed by atoms with Crippen LogP contribution in [-0.4, -0.2) is 4.98 Å². The van der Waals surface area contributed by atoms with Gasteiger partial charge in [0.2, 0.25) is 0 Å². The number of aromatic nitrogens is 1. The van der Waals surface area contributed by atoms with Crippen molar-refractivity contribution in [3.05, 3.63) is 77.0 Å².